The van der Waals surface area contributed by atoms with E-state index in [2.05, 4.69) is 62.2 Å². The first-order chi connectivity index (χ1) is 40.0. The van der Waals surface area contributed by atoms with E-state index in [-0.39, 0.29) is 74.0 Å². The average Bonchev–Trinajstić information content (AvgIpc) is 2.62. The molecule has 446 valence electrons. The lowest BCUT2D eigenvalue weighted by Crippen LogP contribution is -2.62. The molecule has 1 fully saturated rings. The molecule has 5 aromatic rings. The number of hydrogen-bond donors (Lipinski definition) is 6. The van der Waals surface area contributed by atoms with Crippen molar-refractivity contribution in [3.63, 3.8) is 0 Å². The first-order valence-electron chi connectivity index (χ1n) is 29.8. The van der Waals surface area contributed by atoms with E-state index in [0.29, 0.717) is 5.56 Å². The average molecular weight is 1140 g/mol. The van der Waals surface area contributed by atoms with Crippen LogP contribution < -0.4 is 31.9 Å². The fraction of sp³-hybridized carbons (Fsp3) is 0.456. The number of fused-ring (bicyclic) bond motifs is 2. The van der Waals surface area contributed by atoms with E-state index < -0.39 is 71.0 Å². The van der Waals surface area contributed by atoms with Crippen molar-refractivity contribution in [2.24, 2.45) is 10.8 Å². The van der Waals surface area contributed by atoms with Crippen LogP contribution in [-0.4, -0.2) is 125 Å². The Kier molecular flexibility index (Phi) is 20.0. The molecule has 0 radical (unpaired) electrons. The molecular weight excluding hydrogens is 1050 g/mol. The van der Waals surface area contributed by atoms with Crippen LogP contribution in [0.3, 0.4) is 0 Å². The highest BCUT2D eigenvalue weighted by atomic mass is 16.2. The van der Waals surface area contributed by atoms with Crippen molar-refractivity contribution in [3.8, 4) is 0 Å². The molecule has 16 nitrogen and oxygen atoms in total. The van der Waals surface area contributed by atoms with Gasteiger partial charge in [0.15, 0.2) is 0 Å². The fourth-order valence-corrected chi connectivity index (χ4v) is 12.1. The zero-order valence-corrected chi connectivity index (χ0v) is 50.8. The highest BCUT2D eigenvalue weighted by molar-refractivity contribution is 5.97. The molecule has 0 spiro atoms. The van der Waals surface area contributed by atoms with Crippen molar-refractivity contribution in [2.75, 3.05) is 20.6 Å². The summed E-state index contributed by atoms with van der Waals surface area (Å²) in [6.45, 7) is 17.2. The van der Waals surface area contributed by atoms with Crippen LogP contribution >= 0.6 is 0 Å². The number of amides is 7. The van der Waals surface area contributed by atoms with Crippen molar-refractivity contribution < 1.29 is 33.6 Å². The Morgan fingerprint density at radius 1 is 0.595 bits per heavy atom. The maximum absolute atomic E-state index is 16.1. The first-order valence-corrected chi connectivity index (χ1v) is 29.8. The second kappa shape index (κ2) is 26.9. The molecule has 1 aliphatic carbocycles. The van der Waals surface area contributed by atoms with Crippen LogP contribution in [0.2, 0.25) is 0 Å². The molecule has 2 heterocycles. The van der Waals surface area contributed by atoms with Gasteiger partial charge in [0.25, 0.3) is 5.91 Å². The number of benzene rings is 5. The van der Waals surface area contributed by atoms with Gasteiger partial charge in [-0.05, 0) is 122 Å². The number of aryl methyl sites for hydroxylation is 1. The highest BCUT2D eigenvalue weighted by Crippen LogP contribution is 2.36. The molecule has 3 aliphatic rings. The van der Waals surface area contributed by atoms with Crippen LogP contribution in [0.15, 0.2) is 133 Å². The van der Waals surface area contributed by atoms with Gasteiger partial charge < -0.3 is 46.6 Å². The Labute approximate surface area is 496 Å². The van der Waals surface area contributed by atoms with Crippen LogP contribution in [0.4, 0.5) is 0 Å². The Bertz CT molecular complexity index is 3100. The van der Waals surface area contributed by atoms with E-state index in [1.807, 2.05) is 144 Å². The highest BCUT2D eigenvalue weighted by Gasteiger charge is 2.48. The van der Waals surface area contributed by atoms with Crippen molar-refractivity contribution in [3.05, 3.63) is 178 Å². The van der Waals surface area contributed by atoms with Gasteiger partial charge in [-0.15, -0.1) is 0 Å². The third-order valence-electron chi connectivity index (χ3n) is 17.3. The predicted octanol–water partition coefficient (Wildman–Crippen LogP) is 7.36. The molecule has 9 atom stereocenters. The molecule has 6 unspecified atom stereocenters. The van der Waals surface area contributed by atoms with Crippen LogP contribution in [0.5, 0.6) is 0 Å². The molecule has 5 aromatic carbocycles. The van der Waals surface area contributed by atoms with Crippen molar-refractivity contribution >= 4 is 41.4 Å². The van der Waals surface area contributed by atoms with E-state index >= 15 is 9.59 Å². The molecule has 84 heavy (non-hydrogen) atoms. The Morgan fingerprint density at radius 3 is 1.65 bits per heavy atom. The van der Waals surface area contributed by atoms with Gasteiger partial charge in [0.05, 0.1) is 18.1 Å². The number of carbonyl (C=O) groups is 7. The fourth-order valence-electron chi connectivity index (χ4n) is 12.1. The number of hydrogen-bond acceptors (Lipinski definition) is 9. The number of carbonyl (C=O) groups excluding carboxylic acids is 7. The summed E-state index contributed by atoms with van der Waals surface area (Å²) in [5.41, 5.74) is 5.76. The summed E-state index contributed by atoms with van der Waals surface area (Å²) < 4.78 is 0. The zero-order valence-electron chi connectivity index (χ0n) is 50.8. The van der Waals surface area contributed by atoms with E-state index in [0.717, 1.165) is 52.6 Å². The number of rotatable bonds is 19. The van der Waals surface area contributed by atoms with Gasteiger partial charge in [0.2, 0.25) is 35.4 Å². The molecule has 16 heteroatoms. The van der Waals surface area contributed by atoms with E-state index in [4.69, 9.17) is 0 Å². The normalized spacial score (nSPS) is 19.6. The maximum Gasteiger partial charge on any atom is 0.251 e. The summed E-state index contributed by atoms with van der Waals surface area (Å²) in [4.78, 5) is 107. The lowest BCUT2D eigenvalue weighted by molar-refractivity contribution is -0.152. The smallest absolute Gasteiger partial charge is 0.251 e. The lowest BCUT2D eigenvalue weighted by atomic mass is 9.83. The minimum Gasteiger partial charge on any atom is -0.347 e. The third-order valence-corrected chi connectivity index (χ3v) is 17.3. The minimum absolute atomic E-state index is 0.0358. The molecule has 1 saturated heterocycles. The van der Waals surface area contributed by atoms with Gasteiger partial charge in [0, 0.05) is 49.6 Å². The molecule has 7 amide bonds. The van der Waals surface area contributed by atoms with Crippen molar-refractivity contribution in [1.29, 1.82) is 0 Å². The quantitative estimate of drug-likeness (QED) is 0.0489. The van der Waals surface area contributed by atoms with Gasteiger partial charge in [-0.1, -0.05) is 163 Å². The van der Waals surface area contributed by atoms with Gasteiger partial charge in [-0.25, -0.2) is 0 Å². The molecule has 2 aliphatic heterocycles. The SMILES string of the molecule is CNC(C)C(=O)NC(C(=O)N1Cc2ccccc2CC1C(=O)N(Cc1ccc(C(=O)N[C@H]2C[C@@H](C(=O)N[C@@H]3CCCc4ccccc43)N(C(=O)C(NC(=O)C(C)NC)C(C)(C)C)C2)cc1)C(C)C(c1ccccc1)c1ccccc1)C(C)(C)C. The number of nitrogens with one attached hydrogen (secondary N) is 6. The van der Waals surface area contributed by atoms with Crippen molar-refractivity contribution in [1.82, 2.24) is 46.6 Å². The van der Waals surface area contributed by atoms with Crippen LogP contribution in [0.25, 0.3) is 0 Å². The van der Waals surface area contributed by atoms with Crippen LogP contribution in [0.1, 0.15) is 143 Å². The van der Waals surface area contributed by atoms with Gasteiger partial charge >= 0.3 is 0 Å². The zero-order chi connectivity index (χ0) is 60.6. The molecule has 8 rings (SSSR count). The first kappa shape index (κ1) is 62.4. The second-order valence-corrected chi connectivity index (χ2v) is 25.4. The Hall–Kier alpha value is -7.69. The number of nitrogens with zero attached hydrogens (tertiary/aromatic N) is 3. The number of likely N-dealkylation sites (tertiary alicyclic amines) is 1. The Balaban J connectivity index is 1.10. The topological polar surface area (TPSA) is 201 Å². The number of likely N-dealkylation sites (N-methyl/N-ethyl adjacent to an activating group) is 2. The van der Waals surface area contributed by atoms with Gasteiger partial charge in [-0.2, -0.15) is 0 Å². The summed E-state index contributed by atoms with van der Waals surface area (Å²) in [5, 5.41) is 18.3. The van der Waals surface area contributed by atoms with Gasteiger partial charge in [0.1, 0.15) is 24.2 Å². The van der Waals surface area contributed by atoms with Crippen molar-refractivity contribution in [2.45, 2.75) is 168 Å². The second-order valence-electron chi connectivity index (χ2n) is 25.4. The summed E-state index contributed by atoms with van der Waals surface area (Å²) >= 11 is 0. The largest absolute Gasteiger partial charge is 0.347 e. The summed E-state index contributed by atoms with van der Waals surface area (Å²) in [6.07, 6.45) is 2.96. The summed E-state index contributed by atoms with van der Waals surface area (Å²) in [7, 11) is 3.36. The van der Waals surface area contributed by atoms with Crippen LogP contribution in [0, 0.1) is 10.8 Å². The monoisotopic (exact) mass is 1140 g/mol. The summed E-state index contributed by atoms with van der Waals surface area (Å²) in [6, 6.07) is 36.9. The standard InChI is InChI=1S/C68H87N9O7/c1-42(69-10)60(78)73-58(67(4,5)6)65(83)76-40-51-29-19-18-28-50(51)37-56(76)64(82)75(44(3)57(47-24-14-12-15-25-47)48-26-16-13-17-27-48)39-45-33-35-49(36-34-45)62(80)71-52-38-55(63(81)72-54-32-22-30-46-23-20-21-31-53(46)54)77(41-52)66(84)59(68(7,8)9)74-61(79)43(2)70-11/h12-21,23-29,31,33-36,42-44,52,54-59,69-70H,22,30,32,37-41H2,1-11H3,(H,71,80)(H,72,81)(H,73,78)(H,74,79)/t42?,43?,44?,52-,54+,55-,56?,58?,59?/m0/s1. The van der Waals surface area contributed by atoms with E-state index in [1.54, 1.807) is 45.0 Å². The predicted molar refractivity (Wildman–Crippen MR) is 327 cm³/mol. The maximum atomic E-state index is 16.1. The third kappa shape index (κ3) is 14.4. The molecule has 0 aromatic heterocycles. The molecule has 6 N–H and O–H groups in total. The summed E-state index contributed by atoms with van der Waals surface area (Å²) in [5.74, 6) is -2.72. The molecule has 0 saturated carbocycles. The Morgan fingerprint density at radius 2 is 1.11 bits per heavy atom. The minimum atomic E-state index is -0.976. The lowest BCUT2D eigenvalue weighted by Gasteiger charge is -2.44. The van der Waals surface area contributed by atoms with Gasteiger partial charge in [-0.3, -0.25) is 33.6 Å². The van der Waals surface area contributed by atoms with Crippen LogP contribution in [-0.2, 0) is 54.7 Å². The van der Waals surface area contributed by atoms with E-state index in [1.165, 1.54) is 10.5 Å². The molecular formula is C68H87N9O7. The van der Waals surface area contributed by atoms with E-state index in [9.17, 15) is 24.0 Å². The molecule has 0 bridgehead atoms.